The molecular weight excluding hydrogens is 198 g/mol. The number of carbonyl (C=O) groups is 2. The molecular formula is C9H11N3O3. The average molecular weight is 209 g/mol. The van der Waals surface area contributed by atoms with Crippen LogP contribution in [0.2, 0.25) is 0 Å². The van der Waals surface area contributed by atoms with Crippen LogP contribution in [0.4, 0.5) is 0 Å². The lowest BCUT2D eigenvalue weighted by molar-refractivity contribution is -0.138. The molecule has 0 bridgehead atoms. The Bertz CT molecular complexity index is 353. The van der Waals surface area contributed by atoms with Crippen molar-refractivity contribution >= 4 is 11.9 Å². The number of pyridine rings is 1. The maximum atomic E-state index is 11.4. The van der Waals surface area contributed by atoms with Crippen LogP contribution in [0.25, 0.3) is 0 Å². The van der Waals surface area contributed by atoms with Crippen molar-refractivity contribution in [2.75, 3.05) is 6.54 Å². The molecule has 1 atom stereocenters. The summed E-state index contributed by atoms with van der Waals surface area (Å²) in [5.74, 6) is -1.66. The number of nitrogens with zero attached hydrogens (tertiary/aromatic N) is 1. The minimum absolute atomic E-state index is 0.151. The third-order valence-corrected chi connectivity index (χ3v) is 1.76. The number of nitrogens with two attached hydrogens (primary N) is 1. The third kappa shape index (κ3) is 3.03. The zero-order valence-corrected chi connectivity index (χ0v) is 7.88. The van der Waals surface area contributed by atoms with Gasteiger partial charge in [-0.2, -0.15) is 0 Å². The second-order valence-electron chi connectivity index (χ2n) is 2.84. The summed E-state index contributed by atoms with van der Waals surface area (Å²) >= 11 is 0. The molecule has 15 heavy (non-hydrogen) atoms. The molecule has 1 aromatic heterocycles. The highest BCUT2D eigenvalue weighted by atomic mass is 16.4. The largest absolute Gasteiger partial charge is 0.480 e. The van der Waals surface area contributed by atoms with Crippen LogP contribution in [0.15, 0.2) is 24.5 Å². The smallest absolute Gasteiger partial charge is 0.327 e. The molecule has 80 valence electrons. The standard InChI is InChI=1S/C9H11N3O3/c10-4-7(9(14)15)12-8(13)6-2-1-3-11-5-6/h1-3,5,7H,4,10H2,(H,12,13)(H,14,15). The number of hydrogen-bond donors (Lipinski definition) is 3. The van der Waals surface area contributed by atoms with Gasteiger partial charge in [0.25, 0.3) is 5.91 Å². The Kier molecular flexibility index (Phi) is 3.75. The molecule has 1 aromatic rings. The highest BCUT2D eigenvalue weighted by Crippen LogP contribution is 1.96. The average Bonchev–Trinajstić information content (AvgIpc) is 2.26. The normalized spacial score (nSPS) is 11.8. The predicted octanol–water partition coefficient (Wildman–Crippen LogP) is -0.777. The van der Waals surface area contributed by atoms with Crippen molar-refractivity contribution in [1.82, 2.24) is 10.3 Å². The van der Waals surface area contributed by atoms with Gasteiger partial charge < -0.3 is 16.2 Å². The fourth-order valence-corrected chi connectivity index (χ4v) is 0.960. The second-order valence-corrected chi connectivity index (χ2v) is 2.84. The monoisotopic (exact) mass is 209 g/mol. The molecule has 1 heterocycles. The van der Waals surface area contributed by atoms with Gasteiger partial charge in [-0.1, -0.05) is 0 Å². The Morgan fingerprint density at radius 1 is 1.60 bits per heavy atom. The van der Waals surface area contributed by atoms with Crippen molar-refractivity contribution in [2.24, 2.45) is 5.73 Å². The highest BCUT2D eigenvalue weighted by molar-refractivity contribution is 5.96. The van der Waals surface area contributed by atoms with Crippen LogP contribution >= 0.6 is 0 Å². The highest BCUT2D eigenvalue weighted by Gasteiger charge is 2.18. The number of amides is 1. The predicted molar refractivity (Wildman–Crippen MR) is 52.2 cm³/mol. The fraction of sp³-hybridized carbons (Fsp3) is 0.222. The molecule has 0 spiro atoms. The van der Waals surface area contributed by atoms with Crippen LogP contribution in [0.1, 0.15) is 10.4 Å². The summed E-state index contributed by atoms with van der Waals surface area (Å²) in [7, 11) is 0. The molecule has 1 unspecified atom stereocenters. The van der Waals surface area contributed by atoms with Crippen LogP contribution in [-0.2, 0) is 4.79 Å². The van der Waals surface area contributed by atoms with Gasteiger partial charge in [0.15, 0.2) is 0 Å². The molecule has 1 rings (SSSR count). The summed E-state index contributed by atoms with van der Waals surface area (Å²) in [4.78, 5) is 25.8. The lowest BCUT2D eigenvalue weighted by Gasteiger charge is -2.11. The van der Waals surface area contributed by atoms with E-state index in [2.05, 4.69) is 10.3 Å². The summed E-state index contributed by atoms with van der Waals surface area (Å²) in [6.45, 7) is -0.151. The van der Waals surface area contributed by atoms with Crippen molar-refractivity contribution < 1.29 is 14.7 Å². The van der Waals surface area contributed by atoms with Crippen LogP contribution in [-0.4, -0.2) is 34.6 Å². The van der Waals surface area contributed by atoms with E-state index < -0.39 is 17.9 Å². The second kappa shape index (κ2) is 5.06. The molecule has 6 nitrogen and oxygen atoms in total. The van der Waals surface area contributed by atoms with Gasteiger partial charge in [-0.25, -0.2) is 4.79 Å². The van der Waals surface area contributed by atoms with E-state index in [0.717, 1.165) is 0 Å². The lowest BCUT2D eigenvalue weighted by Crippen LogP contribution is -2.45. The van der Waals surface area contributed by atoms with E-state index in [1.54, 1.807) is 6.07 Å². The first-order chi connectivity index (χ1) is 7.15. The van der Waals surface area contributed by atoms with E-state index >= 15 is 0 Å². The molecule has 6 heteroatoms. The summed E-state index contributed by atoms with van der Waals surface area (Å²) in [6.07, 6.45) is 2.87. The van der Waals surface area contributed by atoms with Gasteiger partial charge in [0.2, 0.25) is 0 Å². The Morgan fingerprint density at radius 2 is 2.33 bits per heavy atom. The van der Waals surface area contributed by atoms with Crippen LogP contribution < -0.4 is 11.1 Å². The van der Waals surface area contributed by atoms with Crippen molar-refractivity contribution in [2.45, 2.75) is 6.04 Å². The van der Waals surface area contributed by atoms with Crippen molar-refractivity contribution in [3.63, 3.8) is 0 Å². The fourth-order valence-electron chi connectivity index (χ4n) is 0.960. The third-order valence-electron chi connectivity index (χ3n) is 1.76. The minimum atomic E-state index is -1.16. The Labute approximate surface area is 86.1 Å². The Balaban J connectivity index is 2.67. The number of carboxylic acid groups (broad SMARTS) is 1. The maximum absolute atomic E-state index is 11.4. The number of rotatable bonds is 4. The quantitative estimate of drug-likeness (QED) is 0.603. The van der Waals surface area contributed by atoms with E-state index in [1.165, 1.54) is 18.5 Å². The molecule has 4 N–H and O–H groups in total. The Morgan fingerprint density at radius 3 is 2.80 bits per heavy atom. The summed E-state index contributed by atoms with van der Waals surface area (Å²) in [6, 6.07) is 2.06. The van der Waals surface area contributed by atoms with Crippen molar-refractivity contribution in [3.05, 3.63) is 30.1 Å². The molecule has 0 aliphatic carbocycles. The first kappa shape index (κ1) is 11.1. The number of carboxylic acids is 1. The van der Waals surface area contributed by atoms with Gasteiger partial charge in [0, 0.05) is 18.9 Å². The molecule has 0 aliphatic heterocycles. The maximum Gasteiger partial charge on any atom is 0.327 e. The van der Waals surface area contributed by atoms with Crippen LogP contribution in [0.5, 0.6) is 0 Å². The molecule has 1 amide bonds. The van der Waals surface area contributed by atoms with Gasteiger partial charge in [-0.3, -0.25) is 9.78 Å². The first-order valence-electron chi connectivity index (χ1n) is 4.29. The lowest BCUT2D eigenvalue weighted by atomic mass is 10.2. The molecule has 0 aliphatic rings. The number of aliphatic carboxylic acids is 1. The van der Waals surface area contributed by atoms with Gasteiger partial charge in [0.1, 0.15) is 6.04 Å². The van der Waals surface area contributed by atoms with Gasteiger partial charge in [-0.05, 0) is 12.1 Å². The number of carbonyl (C=O) groups excluding carboxylic acids is 1. The van der Waals surface area contributed by atoms with Crippen molar-refractivity contribution in [3.8, 4) is 0 Å². The molecule has 0 saturated heterocycles. The first-order valence-corrected chi connectivity index (χ1v) is 4.29. The van der Waals surface area contributed by atoms with Gasteiger partial charge in [-0.15, -0.1) is 0 Å². The zero-order valence-electron chi connectivity index (χ0n) is 7.88. The number of nitrogens with one attached hydrogen (secondary N) is 1. The van der Waals surface area contributed by atoms with E-state index in [9.17, 15) is 9.59 Å². The number of hydrogen-bond acceptors (Lipinski definition) is 4. The number of aromatic nitrogens is 1. The summed E-state index contributed by atoms with van der Waals surface area (Å²) in [5, 5.41) is 10.9. The molecule has 0 saturated carbocycles. The summed E-state index contributed by atoms with van der Waals surface area (Å²) in [5.41, 5.74) is 5.49. The van der Waals surface area contributed by atoms with Crippen LogP contribution in [0.3, 0.4) is 0 Å². The van der Waals surface area contributed by atoms with E-state index in [4.69, 9.17) is 10.8 Å². The minimum Gasteiger partial charge on any atom is -0.480 e. The molecule has 0 aromatic carbocycles. The van der Waals surface area contributed by atoms with E-state index in [-0.39, 0.29) is 6.54 Å². The van der Waals surface area contributed by atoms with Crippen molar-refractivity contribution in [1.29, 1.82) is 0 Å². The SMILES string of the molecule is NCC(NC(=O)c1cccnc1)C(=O)O. The van der Waals surface area contributed by atoms with E-state index in [1.807, 2.05) is 0 Å². The Hall–Kier alpha value is -1.95. The zero-order chi connectivity index (χ0) is 11.3. The van der Waals surface area contributed by atoms with Gasteiger partial charge >= 0.3 is 5.97 Å². The molecule has 0 fully saturated rings. The van der Waals surface area contributed by atoms with E-state index in [0.29, 0.717) is 5.56 Å². The van der Waals surface area contributed by atoms with Gasteiger partial charge in [0.05, 0.1) is 5.56 Å². The topological polar surface area (TPSA) is 105 Å². The van der Waals surface area contributed by atoms with Crippen LogP contribution in [0, 0.1) is 0 Å². The summed E-state index contributed by atoms with van der Waals surface area (Å²) < 4.78 is 0. The molecule has 0 radical (unpaired) electrons.